The predicted molar refractivity (Wildman–Crippen MR) is 146 cm³/mol. The van der Waals surface area contributed by atoms with E-state index in [-0.39, 0.29) is 20.5 Å². The van der Waals surface area contributed by atoms with Crippen LogP contribution in [0.5, 0.6) is 0 Å². The second-order valence-corrected chi connectivity index (χ2v) is 11.8. The van der Waals surface area contributed by atoms with Crippen LogP contribution in [0.3, 0.4) is 0 Å². The van der Waals surface area contributed by atoms with Crippen molar-refractivity contribution in [2.24, 2.45) is 10.7 Å². The van der Waals surface area contributed by atoms with E-state index in [1.54, 1.807) is 13.0 Å². The summed E-state index contributed by atoms with van der Waals surface area (Å²) in [5.41, 5.74) is 6.48. The lowest BCUT2D eigenvalue weighted by molar-refractivity contribution is -0.160. The van der Waals surface area contributed by atoms with Gasteiger partial charge in [-0.25, -0.2) is 13.2 Å². The van der Waals surface area contributed by atoms with E-state index in [0.29, 0.717) is 11.1 Å². The first kappa shape index (κ1) is 34.5. The number of aryl methyl sites for hydroxylation is 1. The summed E-state index contributed by atoms with van der Waals surface area (Å²) in [4.78, 5) is 27.9. The van der Waals surface area contributed by atoms with Gasteiger partial charge in [0.1, 0.15) is 41.4 Å². The Kier molecular flexibility index (Phi) is 11.2. The number of rotatable bonds is 11. The van der Waals surface area contributed by atoms with Gasteiger partial charge in [0, 0.05) is 17.7 Å². The van der Waals surface area contributed by atoms with Gasteiger partial charge >= 0.3 is 24.3 Å². The van der Waals surface area contributed by atoms with Gasteiger partial charge in [-0.3, -0.25) is 9.79 Å². The molecule has 0 fully saturated rings. The van der Waals surface area contributed by atoms with Crippen LogP contribution in [0.25, 0.3) is 10.6 Å². The van der Waals surface area contributed by atoms with E-state index in [0.717, 1.165) is 11.3 Å². The summed E-state index contributed by atoms with van der Waals surface area (Å²) in [5, 5.41) is 9.89. The zero-order valence-corrected chi connectivity index (χ0v) is 24.2. The van der Waals surface area contributed by atoms with Crippen molar-refractivity contribution in [1.82, 2.24) is 20.2 Å². The molecule has 1 aromatic heterocycles. The Morgan fingerprint density at radius 2 is 1.73 bits per heavy atom. The highest BCUT2D eigenvalue weighted by atomic mass is 32.2. The van der Waals surface area contributed by atoms with Crippen molar-refractivity contribution >= 4 is 39.1 Å². The number of nitrogens with two attached hydrogens (primary N) is 1. The zero-order chi connectivity index (χ0) is 32.7. The van der Waals surface area contributed by atoms with E-state index in [1.165, 1.54) is 42.5 Å². The summed E-state index contributed by atoms with van der Waals surface area (Å²) in [6.07, 6.45) is -9.96. The fourth-order valence-electron chi connectivity index (χ4n) is 3.39. The van der Waals surface area contributed by atoms with Gasteiger partial charge in [0.25, 0.3) is 0 Å². The van der Waals surface area contributed by atoms with E-state index in [9.17, 15) is 44.3 Å². The fourth-order valence-corrected chi connectivity index (χ4v) is 5.52. The number of amidine groups is 1. The molecule has 0 radical (unpaired) electrons. The number of carbonyl (C=O) groups is 2. The van der Waals surface area contributed by atoms with Crippen molar-refractivity contribution in [3.63, 3.8) is 0 Å². The molecule has 0 saturated carbocycles. The van der Waals surface area contributed by atoms with E-state index in [2.05, 4.69) is 19.9 Å². The SMILES string of the molecule is Cc1cccc(S(=O)(=O)NC(CN)C(=O)OC(=O)Cc2nnc(-c3ccc(C(=NCC(F)(F)F)NCC(F)(F)F)cc3)s2)c1. The number of esters is 2. The smallest absolute Gasteiger partial charge is 0.392 e. The minimum Gasteiger partial charge on any atom is -0.392 e. The minimum absolute atomic E-state index is 0.0541. The summed E-state index contributed by atoms with van der Waals surface area (Å²) in [5.74, 6) is -2.94. The maximum atomic E-state index is 12.6. The van der Waals surface area contributed by atoms with Crippen LogP contribution in [0.1, 0.15) is 16.1 Å². The van der Waals surface area contributed by atoms with Crippen LogP contribution >= 0.6 is 11.3 Å². The molecule has 0 aliphatic heterocycles. The molecule has 0 spiro atoms. The quantitative estimate of drug-likeness (QED) is 0.0918. The van der Waals surface area contributed by atoms with Crippen LogP contribution in [0.2, 0.25) is 0 Å². The summed E-state index contributed by atoms with van der Waals surface area (Å²) >= 11 is 0.892. The van der Waals surface area contributed by atoms with Crippen LogP contribution in [-0.2, 0) is 30.8 Å². The lowest BCUT2D eigenvalue weighted by atomic mass is 10.1. The Bertz CT molecular complexity index is 1610. The summed E-state index contributed by atoms with van der Waals surface area (Å²) in [6, 6.07) is 9.46. The molecule has 1 heterocycles. The third-order valence-electron chi connectivity index (χ3n) is 5.37. The van der Waals surface area contributed by atoms with Crippen molar-refractivity contribution in [2.45, 2.75) is 36.6 Å². The van der Waals surface area contributed by atoms with Gasteiger partial charge in [-0.15, -0.1) is 10.2 Å². The predicted octanol–water partition coefficient (Wildman–Crippen LogP) is 2.89. The highest BCUT2D eigenvalue weighted by Gasteiger charge is 2.30. The number of carbonyl (C=O) groups excluding carboxylic acids is 2. The molecule has 0 aliphatic rings. The van der Waals surface area contributed by atoms with Crippen molar-refractivity contribution in [1.29, 1.82) is 0 Å². The molecule has 44 heavy (non-hydrogen) atoms. The summed E-state index contributed by atoms with van der Waals surface area (Å²) in [7, 11) is -4.16. The molecule has 19 heteroatoms. The van der Waals surface area contributed by atoms with Gasteiger partial charge in [0.05, 0.1) is 4.90 Å². The van der Waals surface area contributed by atoms with Crippen LogP contribution in [0.4, 0.5) is 26.3 Å². The van der Waals surface area contributed by atoms with Gasteiger partial charge in [0.2, 0.25) is 10.0 Å². The molecule has 11 nitrogen and oxygen atoms in total. The standard InChI is InChI=1S/C25H24F6N6O5S2/c1-14-3-2-4-17(9-14)44(40,41)37-18(11-32)23(39)42-20(38)10-19-35-36-22(43-19)16-7-5-15(6-8-16)21(33-12-24(26,27)28)34-13-25(29,30)31/h2-9,18,37H,10-13,32H2,1H3,(H,33,34). The average molecular weight is 667 g/mol. The van der Waals surface area contributed by atoms with Crippen LogP contribution in [-0.4, -0.2) is 74.4 Å². The number of benzene rings is 2. The number of hydrogen-bond acceptors (Lipinski definition) is 10. The highest BCUT2D eigenvalue weighted by molar-refractivity contribution is 7.89. The van der Waals surface area contributed by atoms with Crippen molar-refractivity contribution in [2.75, 3.05) is 19.6 Å². The van der Waals surface area contributed by atoms with Gasteiger partial charge in [-0.1, -0.05) is 47.7 Å². The maximum absolute atomic E-state index is 12.6. The third-order valence-corrected chi connectivity index (χ3v) is 7.81. The number of sulfonamides is 1. The number of aliphatic imine (C=N–C) groups is 1. The van der Waals surface area contributed by atoms with Crippen LogP contribution < -0.4 is 15.8 Å². The lowest BCUT2D eigenvalue weighted by Crippen LogP contribution is -2.47. The topological polar surface area (TPSA) is 166 Å². The van der Waals surface area contributed by atoms with Gasteiger partial charge in [-0.2, -0.15) is 31.1 Å². The third kappa shape index (κ3) is 10.6. The maximum Gasteiger partial charge on any atom is 0.408 e. The molecule has 2 aromatic carbocycles. The molecule has 1 atom stereocenters. The van der Waals surface area contributed by atoms with E-state index >= 15 is 0 Å². The molecule has 1 unspecified atom stereocenters. The molecule has 3 rings (SSSR count). The first-order chi connectivity index (χ1) is 20.5. The van der Waals surface area contributed by atoms with Crippen LogP contribution in [0, 0.1) is 6.92 Å². The Balaban J connectivity index is 1.64. The number of hydrogen-bond donors (Lipinski definition) is 3. The lowest BCUT2D eigenvalue weighted by Gasteiger charge is -2.15. The minimum atomic E-state index is -4.74. The normalized spacial score (nSPS) is 13.4. The van der Waals surface area contributed by atoms with Gasteiger partial charge in [-0.05, 0) is 24.6 Å². The summed E-state index contributed by atoms with van der Waals surface area (Å²) in [6.45, 7) is -2.13. The number of aromatic nitrogens is 2. The molecular weight excluding hydrogens is 642 g/mol. The van der Waals surface area contributed by atoms with Crippen molar-refractivity contribution in [3.05, 3.63) is 64.7 Å². The van der Waals surface area contributed by atoms with Gasteiger partial charge < -0.3 is 15.8 Å². The number of nitrogens with zero attached hydrogens (tertiary/aromatic N) is 3. The molecule has 4 N–H and O–H groups in total. The average Bonchev–Trinajstić information content (AvgIpc) is 3.39. The monoisotopic (exact) mass is 666 g/mol. The highest BCUT2D eigenvalue weighted by Crippen LogP contribution is 2.25. The Labute approximate surface area is 250 Å². The second kappa shape index (κ2) is 14.2. The molecular formula is C25H24F6N6O5S2. The first-order valence-corrected chi connectivity index (χ1v) is 14.6. The molecule has 238 valence electrons. The summed E-state index contributed by atoms with van der Waals surface area (Å²) < 4.78 is 108. The van der Waals surface area contributed by atoms with Crippen molar-refractivity contribution in [3.8, 4) is 10.6 Å². The molecule has 0 amide bonds. The van der Waals surface area contributed by atoms with E-state index in [1.807, 2.05) is 5.32 Å². The van der Waals surface area contributed by atoms with Crippen molar-refractivity contribution < 1.29 is 49.1 Å². The number of nitrogens with one attached hydrogen (secondary N) is 2. The van der Waals surface area contributed by atoms with Gasteiger partial charge in [0.15, 0.2) is 0 Å². The fraction of sp³-hybridized carbons (Fsp3) is 0.320. The number of halogens is 6. The first-order valence-electron chi connectivity index (χ1n) is 12.3. The number of ether oxygens (including phenoxy) is 1. The Morgan fingerprint density at radius 3 is 2.32 bits per heavy atom. The number of alkyl halides is 6. The molecule has 0 saturated heterocycles. The largest absolute Gasteiger partial charge is 0.408 e. The Hall–Kier alpha value is -3.94. The second-order valence-electron chi connectivity index (χ2n) is 9.02. The molecule has 0 aliphatic carbocycles. The zero-order valence-electron chi connectivity index (χ0n) is 22.6. The van der Waals surface area contributed by atoms with Crippen LogP contribution in [0.15, 0.2) is 58.4 Å². The van der Waals surface area contributed by atoms with E-state index in [4.69, 9.17) is 10.5 Å². The Morgan fingerprint density at radius 1 is 1.05 bits per heavy atom. The molecule has 0 bridgehead atoms. The molecule has 3 aromatic rings. The van der Waals surface area contributed by atoms with E-state index < -0.39 is 72.2 Å².